The van der Waals surface area contributed by atoms with Crippen molar-refractivity contribution >= 4 is 11.7 Å². The first-order valence-corrected chi connectivity index (χ1v) is 11.6. The third-order valence-corrected chi connectivity index (χ3v) is 6.58. The van der Waals surface area contributed by atoms with E-state index in [2.05, 4.69) is 25.7 Å². The number of anilines is 1. The molecule has 0 N–H and O–H groups in total. The van der Waals surface area contributed by atoms with Gasteiger partial charge in [-0.15, -0.1) is 0 Å². The predicted octanol–water partition coefficient (Wildman–Crippen LogP) is 4.34. The number of halogens is 1. The fraction of sp³-hybridized carbons (Fsp3) is 0.560. The van der Waals surface area contributed by atoms with E-state index in [9.17, 15) is 9.18 Å². The summed E-state index contributed by atoms with van der Waals surface area (Å²) in [6.07, 6.45) is 4.78. The fourth-order valence-electron chi connectivity index (χ4n) is 4.39. The van der Waals surface area contributed by atoms with E-state index in [1.54, 1.807) is 0 Å². The van der Waals surface area contributed by atoms with Crippen LogP contribution in [0, 0.1) is 11.7 Å². The van der Waals surface area contributed by atoms with Crippen molar-refractivity contribution in [2.75, 3.05) is 31.1 Å². The van der Waals surface area contributed by atoms with E-state index in [-0.39, 0.29) is 17.7 Å². The number of piperazine rings is 1. The van der Waals surface area contributed by atoms with Crippen LogP contribution in [0.4, 0.5) is 10.2 Å². The third kappa shape index (κ3) is 4.73. The molecule has 1 saturated heterocycles. The van der Waals surface area contributed by atoms with Crippen molar-refractivity contribution in [2.45, 2.75) is 58.8 Å². The highest BCUT2D eigenvalue weighted by Crippen LogP contribution is 2.30. The number of nitrogens with zero attached hydrogens (tertiary/aromatic N) is 4. The van der Waals surface area contributed by atoms with Gasteiger partial charge in [-0.05, 0) is 37.0 Å². The number of rotatable bonds is 6. The van der Waals surface area contributed by atoms with E-state index in [0.717, 1.165) is 73.9 Å². The maximum atomic E-state index is 13.4. The van der Waals surface area contributed by atoms with Gasteiger partial charge in [0.25, 0.3) is 0 Å². The molecule has 1 aromatic carbocycles. The molecule has 1 saturated carbocycles. The van der Waals surface area contributed by atoms with Crippen molar-refractivity contribution < 1.29 is 9.18 Å². The van der Waals surface area contributed by atoms with E-state index < -0.39 is 0 Å². The highest BCUT2D eigenvalue weighted by Gasteiger charge is 2.32. The van der Waals surface area contributed by atoms with Gasteiger partial charge >= 0.3 is 0 Å². The monoisotopic (exact) mass is 424 g/mol. The van der Waals surface area contributed by atoms with E-state index in [4.69, 9.17) is 9.97 Å². The molecule has 0 atom stereocenters. The zero-order valence-electron chi connectivity index (χ0n) is 18.9. The van der Waals surface area contributed by atoms with Crippen LogP contribution in [0.1, 0.15) is 68.6 Å². The number of aromatic nitrogens is 2. The van der Waals surface area contributed by atoms with Crippen LogP contribution >= 0.6 is 0 Å². The molecular formula is C25H33FN4O. The van der Waals surface area contributed by atoms with Crippen molar-refractivity contribution in [2.24, 2.45) is 5.92 Å². The number of hydrogen-bond acceptors (Lipinski definition) is 4. The fourth-order valence-corrected chi connectivity index (χ4v) is 4.39. The van der Waals surface area contributed by atoms with Crippen molar-refractivity contribution in [3.05, 3.63) is 52.7 Å². The number of carbonyl (C=O) groups excluding carboxylic acids is 1. The second-order valence-corrected chi connectivity index (χ2v) is 9.08. The number of amides is 1. The summed E-state index contributed by atoms with van der Waals surface area (Å²) in [5, 5.41) is 0. The van der Waals surface area contributed by atoms with Crippen molar-refractivity contribution in [1.82, 2.24) is 14.9 Å². The maximum absolute atomic E-state index is 13.4. The average molecular weight is 425 g/mol. The zero-order chi connectivity index (χ0) is 22.0. The molecule has 2 aliphatic rings. The molecule has 1 aliphatic carbocycles. The lowest BCUT2D eigenvalue weighted by Gasteiger charge is -2.39. The maximum Gasteiger partial charge on any atom is 0.225 e. The van der Waals surface area contributed by atoms with Crippen molar-refractivity contribution in [3.63, 3.8) is 0 Å². The van der Waals surface area contributed by atoms with Gasteiger partial charge in [0.05, 0.1) is 0 Å². The molecular weight excluding hydrogens is 391 g/mol. The topological polar surface area (TPSA) is 49.3 Å². The minimum Gasteiger partial charge on any atom is -0.353 e. The molecule has 0 radical (unpaired) electrons. The Morgan fingerprint density at radius 1 is 1.10 bits per heavy atom. The lowest BCUT2D eigenvalue weighted by atomic mass is 9.84. The normalized spacial score (nSPS) is 17.2. The van der Waals surface area contributed by atoms with Crippen LogP contribution in [-0.2, 0) is 17.6 Å². The van der Waals surface area contributed by atoms with E-state index in [1.165, 1.54) is 18.6 Å². The summed E-state index contributed by atoms with van der Waals surface area (Å²) in [6.45, 7) is 9.42. The Bertz CT molecular complexity index is 916. The number of hydrogen-bond donors (Lipinski definition) is 0. The zero-order valence-corrected chi connectivity index (χ0v) is 18.9. The van der Waals surface area contributed by atoms with Gasteiger partial charge in [-0.3, -0.25) is 4.79 Å². The summed E-state index contributed by atoms with van der Waals surface area (Å²) < 4.78 is 13.4. The highest BCUT2D eigenvalue weighted by atomic mass is 19.1. The molecule has 1 aliphatic heterocycles. The Hall–Kier alpha value is -2.50. The molecule has 166 valence electrons. The molecule has 1 aromatic heterocycles. The molecule has 0 spiro atoms. The summed E-state index contributed by atoms with van der Waals surface area (Å²) in [4.78, 5) is 26.9. The Balaban J connectivity index is 1.60. The van der Waals surface area contributed by atoms with Crippen molar-refractivity contribution in [1.29, 1.82) is 0 Å². The molecule has 2 fully saturated rings. The SMILES string of the molecule is CCc1nc(C(C)C)nc(N2CCN(C(=O)C3CCC3)CC2)c1Cc1ccc(F)cc1. The summed E-state index contributed by atoms with van der Waals surface area (Å²) in [6, 6.07) is 6.69. The molecule has 1 amide bonds. The molecule has 31 heavy (non-hydrogen) atoms. The minimum atomic E-state index is -0.224. The minimum absolute atomic E-state index is 0.224. The van der Waals surface area contributed by atoms with E-state index in [0.29, 0.717) is 12.3 Å². The van der Waals surface area contributed by atoms with E-state index >= 15 is 0 Å². The van der Waals surface area contributed by atoms with Crippen LogP contribution in [0.2, 0.25) is 0 Å². The average Bonchev–Trinajstić information content (AvgIpc) is 2.74. The molecule has 6 heteroatoms. The van der Waals surface area contributed by atoms with Gasteiger partial charge in [-0.2, -0.15) is 0 Å². The number of carbonyl (C=O) groups is 1. The summed E-state index contributed by atoms with van der Waals surface area (Å²) >= 11 is 0. The van der Waals surface area contributed by atoms with Gasteiger partial charge in [0.1, 0.15) is 17.5 Å². The van der Waals surface area contributed by atoms with Crippen LogP contribution in [-0.4, -0.2) is 47.0 Å². The lowest BCUT2D eigenvalue weighted by molar-refractivity contribution is -0.138. The van der Waals surface area contributed by atoms with Crippen LogP contribution in [0.25, 0.3) is 0 Å². The van der Waals surface area contributed by atoms with Crippen LogP contribution in [0.15, 0.2) is 24.3 Å². The van der Waals surface area contributed by atoms with Crippen molar-refractivity contribution in [3.8, 4) is 0 Å². The van der Waals surface area contributed by atoms with Gasteiger partial charge in [-0.25, -0.2) is 14.4 Å². The van der Waals surface area contributed by atoms with E-state index in [1.807, 2.05) is 17.0 Å². The Kier molecular flexibility index (Phi) is 6.54. The number of aryl methyl sites for hydroxylation is 1. The van der Waals surface area contributed by atoms with Gasteiger partial charge < -0.3 is 9.80 Å². The van der Waals surface area contributed by atoms with Crippen LogP contribution < -0.4 is 4.90 Å². The summed E-state index contributed by atoms with van der Waals surface area (Å²) in [7, 11) is 0. The van der Waals surface area contributed by atoms with Gasteiger partial charge in [-0.1, -0.05) is 39.3 Å². The Morgan fingerprint density at radius 2 is 1.77 bits per heavy atom. The quantitative estimate of drug-likeness (QED) is 0.692. The Labute approximate surface area is 184 Å². The van der Waals surface area contributed by atoms with Crippen LogP contribution in [0.5, 0.6) is 0 Å². The second kappa shape index (κ2) is 9.33. The third-order valence-electron chi connectivity index (χ3n) is 6.58. The Morgan fingerprint density at radius 3 is 2.32 bits per heavy atom. The first-order valence-electron chi connectivity index (χ1n) is 11.6. The molecule has 0 unspecified atom stereocenters. The van der Waals surface area contributed by atoms with Crippen LogP contribution in [0.3, 0.4) is 0 Å². The molecule has 5 nitrogen and oxygen atoms in total. The van der Waals surface area contributed by atoms with Gasteiger partial charge in [0, 0.05) is 55.7 Å². The standard InChI is InChI=1S/C25H33FN4O/c1-4-22-21(16-18-8-10-20(26)11-9-18)24(28-23(27-22)17(2)3)29-12-14-30(15-13-29)25(31)19-6-5-7-19/h8-11,17,19H,4-7,12-16H2,1-3H3. The number of benzene rings is 1. The summed E-state index contributed by atoms with van der Waals surface area (Å²) in [5.74, 6) is 2.44. The van der Waals surface area contributed by atoms with Gasteiger partial charge in [0.2, 0.25) is 5.91 Å². The first-order chi connectivity index (χ1) is 15.0. The lowest BCUT2D eigenvalue weighted by Crippen LogP contribution is -2.51. The molecule has 0 bridgehead atoms. The summed E-state index contributed by atoms with van der Waals surface area (Å²) in [5.41, 5.74) is 3.24. The smallest absolute Gasteiger partial charge is 0.225 e. The highest BCUT2D eigenvalue weighted by molar-refractivity contribution is 5.80. The molecule has 2 heterocycles. The first kappa shape index (κ1) is 21.7. The molecule has 4 rings (SSSR count). The largest absolute Gasteiger partial charge is 0.353 e. The van der Waals surface area contributed by atoms with Gasteiger partial charge in [0.15, 0.2) is 0 Å². The second-order valence-electron chi connectivity index (χ2n) is 9.08. The molecule has 2 aromatic rings. The predicted molar refractivity (Wildman–Crippen MR) is 121 cm³/mol.